The number of β-amino-alcohol motifs (C(OH)–C–C–N with tert-alkyl or cyclic N) is 1. The van der Waals surface area contributed by atoms with Crippen LogP contribution in [0.25, 0.3) is 0 Å². The molecule has 0 saturated carbocycles. The molecule has 0 unspecified atom stereocenters. The highest BCUT2D eigenvalue weighted by Gasteiger charge is 2.27. The Morgan fingerprint density at radius 3 is 2.58 bits per heavy atom. The van der Waals surface area contributed by atoms with Crippen molar-refractivity contribution in [1.82, 2.24) is 9.80 Å². The van der Waals surface area contributed by atoms with E-state index in [0.717, 1.165) is 6.54 Å². The molecule has 0 spiro atoms. The topological polar surface area (TPSA) is 43.8 Å². The highest BCUT2D eigenvalue weighted by molar-refractivity contribution is 5.77. The Bertz CT molecular complexity index is 164. The van der Waals surface area contributed by atoms with Crippen molar-refractivity contribution in [2.75, 3.05) is 33.7 Å². The van der Waals surface area contributed by atoms with Crippen molar-refractivity contribution in [3.63, 3.8) is 0 Å². The molecule has 1 N–H and O–H groups in total. The average molecular weight is 172 g/mol. The lowest BCUT2D eigenvalue weighted by Crippen LogP contribution is -2.53. The second-order valence-corrected chi connectivity index (χ2v) is 3.51. The molecular weight excluding hydrogens is 156 g/mol. The molecule has 0 radical (unpaired) electrons. The SMILES string of the molecule is CN(C)CCC(=O)N1CC(O)C1. The quantitative estimate of drug-likeness (QED) is 0.602. The summed E-state index contributed by atoms with van der Waals surface area (Å²) in [5.74, 6) is 0.147. The van der Waals surface area contributed by atoms with Gasteiger partial charge in [0, 0.05) is 26.1 Å². The number of hydrogen-bond acceptors (Lipinski definition) is 3. The van der Waals surface area contributed by atoms with Crippen LogP contribution in [0.2, 0.25) is 0 Å². The maximum atomic E-state index is 11.3. The second kappa shape index (κ2) is 3.87. The summed E-state index contributed by atoms with van der Waals surface area (Å²) in [4.78, 5) is 14.9. The van der Waals surface area contributed by atoms with E-state index in [4.69, 9.17) is 5.11 Å². The van der Waals surface area contributed by atoms with Crippen LogP contribution >= 0.6 is 0 Å². The van der Waals surface area contributed by atoms with E-state index in [9.17, 15) is 4.79 Å². The van der Waals surface area contributed by atoms with E-state index in [-0.39, 0.29) is 12.0 Å². The fraction of sp³-hybridized carbons (Fsp3) is 0.875. The molecule has 0 aromatic rings. The van der Waals surface area contributed by atoms with Gasteiger partial charge in [0.05, 0.1) is 6.10 Å². The lowest BCUT2D eigenvalue weighted by atomic mass is 10.1. The number of likely N-dealkylation sites (tertiary alicyclic amines) is 1. The van der Waals surface area contributed by atoms with Gasteiger partial charge in [-0.25, -0.2) is 0 Å². The van der Waals surface area contributed by atoms with Gasteiger partial charge in [0.25, 0.3) is 0 Å². The Morgan fingerprint density at radius 1 is 1.58 bits per heavy atom. The van der Waals surface area contributed by atoms with Gasteiger partial charge in [-0.2, -0.15) is 0 Å². The molecule has 12 heavy (non-hydrogen) atoms. The first-order valence-electron chi connectivity index (χ1n) is 4.20. The van der Waals surface area contributed by atoms with Gasteiger partial charge in [-0.3, -0.25) is 4.79 Å². The predicted octanol–water partition coefficient (Wildman–Crippen LogP) is -0.859. The minimum absolute atomic E-state index is 0.147. The summed E-state index contributed by atoms with van der Waals surface area (Å²) in [6.07, 6.45) is 0.271. The normalized spacial score (nSPS) is 18.2. The van der Waals surface area contributed by atoms with Crippen molar-refractivity contribution in [3.05, 3.63) is 0 Å². The van der Waals surface area contributed by atoms with Crippen LogP contribution in [-0.2, 0) is 4.79 Å². The summed E-state index contributed by atoms with van der Waals surface area (Å²) in [5, 5.41) is 8.94. The Hall–Kier alpha value is -0.610. The molecule has 1 heterocycles. The lowest BCUT2D eigenvalue weighted by molar-refractivity contribution is -0.141. The summed E-state index contributed by atoms with van der Waals surface area (Å²) in [7, 11) is 3.89. The Balaban J connectivity index is 2.13. The molecule has 0 aliphatic carbocycles. The second-order valence-electron chi connectivity index (χ2n) is 3.51. The van der Waals surface area contributed by atoms with E-state index in [2.05, 4.69) is 0 Å². The number of aliphatic hydroxyl groups is 1. The molecule has 0 bridgehead atoms. The summed E-state index contributed by atoms with van der Waals surface area (Å²) < 4.78 is 0. The Morgan fingerprint density at radius 2 is 2.17 bits per heavy atom. The highest BCUT2D eigenvalue weighted by Crippen LogP contribution is 2.08. The predicted molar refractivity (Wildman–Crippen MR) is 45.8 cm³/mol. The molecule has 1 amide bonds. The van der Waals surface area contributed by atoms with Crippen LogP contribution in [0.15, 0.2) is 0 Å². The Labute approximate surface area is 72.8 Å². The van der Waals surface area contributed by atoms with E-state index in [0.29, 0.717) is 19.5 Å². The van der Waals surface area contributed by atoms with Crippen molar-refractivity contribution in [3.8, 4) is 0 Å². The van der Waals surface area contributed by atoms with Crippen LogP contribution in [0.1, 0.15) is 6.42 Å². The zero-order chi connectivity index (χ0) is 9.14. The molecule has 1 rings (SSSR count). The number of amides is 1. The van der Waals surface area contributed by atoms with E-state index in [1.54, 1.807) is 4.90 Å². The van der Waals surface area contributed by atoms with Crippen molar-refractivity contribution in [2.45, 2.75) is 12.5 Å². The summed E-state index contributed by atoms with van der Waals surface area (Å²) in [6, 6.07) is 0. The first-order chi connectivity index (χ1) is 5.59. The first kappa shape index (κ1) is 9.48. The molecule has 1 saturated heterocycles. The van der Waals surface area contributed by atoms with Crippen LogP contribution in [0.4, 0.5) is 0 Å². The maximum Gasteiger partial charge on any atom is 0.224 e. The molecule has 1 aliphatic rings. The van der Waals surface area contributed by atoms with Crippen molar-refractivity contribution in [1.29, 1.82) is 0 Å². The van der Waals surface area contributed by atoms with Gasteiger partial charge in [0.1, 0.15) is 0 Å². The molecule has 4 nitrogen and oxygen atoms in total. The van der Waals surface area contributed by atoms with Gasteiger partial charge < -0.3 is 14.9 Å². The molecule has 0 aromatic heterocycles. The third-order valence-corrected chi connectivity index (χ3v) is 1.99. The molecule has 1 aliphatic heterocycles. The van der Waals surface area contributed by atoms with Crippen molar-refractivity contribution < 1.29 is 9.90 Å². The summed E-state index contributed by atoms with van der Waals surface area (Å²) >= 11 is 0. The number of hydrogen-bond donors (Lipinski definition) is 1. The van der Waals surface area contributed by atoms with E-state index < -0.39 is 0 Å². The van der Waals surface area contributed by atoms with E-state index in [1.165, 1.54) is 0 Å². The number of aliphatic hydroxyl groups excluding tert-OH is 1. The fourth-order valence-electron chi connectivity index (χ4n) is 1.14. The standard InChI is InChI=1S/C8H16N2O2/c1-9(2)4-3-8(12)10-5-7(11)6-10/h7,11H,3-6H2,1-2H3. The van der Waals surface area contributed by atoms with E-state index >= 15 is 0 Å². The van der Waals surface area contributed by atoms with Gasteiger partial charge in [0.2, 0.25) is 5.91 Å². The van der Waals surface area contributed by atoms with Gasteiger partial charge in [-0.1, -0.05) is 0 Å². The number of carbonyl (C=O) groups is 1. The van der Waals surface area contributed by atoms with Gasteiger partial charge in [-0.15, -0.1) is 0 Å². The molecule has 0 atom stereocenters. The van der Waals surface area contributed by atoms with Gasteiger partial charge in [0.15, 0.2) is 0 Å². The monoisotopic (exact) mass is 172 g/mol. The van der Waals surface area contributed by atoms with Crippen molar-refractivity contribution in [2.24, 2.45) is 0 Å². The zero-order valence-corrected chi connectivity index (χ0v) is 7.66. The molecule has 1 fully saturated rings. The first-order valence-corrected chi connectivity index (χ1v) is 4.20. The minimum atomic E-state index is -0.284. The fourth-order valence-corrected chi connectivity index (χ4v) is 1.14. The van der Waals surface area contributed by atoms with Crippen LogP contribution in [0.3, 0.4) is 0 Å². The van der Waals surface area contributed by atoms with E-state index in [1.807, 2.05) is 19.0 Å². The van der Waals surface area contributed by atoms with Crippen LogP contribution in [-0.4, -0.2) is 60.6 Å². The number of nitrogens with zero attached hydrogens (tertiary/aromatic N) is 2. The summed E-state index contributed by atoms with van der Waals surface area (Å²) in [5.41, 5.74) is 0. The Kier molecular flexibility index (Phi) is 3.05. The average Bonchev–Trinajstić information content (AvgIpc) is 1.94. The van der Waals surface area contributed by atoms with Gasteiger partial charge >= 0.3 is 0 Å². The van der Waals surface area contributed by atoms with Crippen molar-refractivity contribution >= 4 is 5.91 Å². The lowest BCUT2D eigenvalue weighted by Gasteiger charge is -2.36. The molecule has 4 heteroatoms. The zero-order valence-electron chi connectivity index (χ0n) is 7.66. The summed E-state index contributed by atoms with van der Waals surface area (Å²) in [6.45, 7) is 1.82. The minimum Gasteiger partial charge on any atom is -0.389 e. The van der Waals surface area contributed by atoms with Crippen LogP contribution in [0.5, 0.6) is 0 Å². The molecule has 0 aromatic carbocycles. The maximum absolute atomic E-state index is 11.3. The van der Waals surface area contributed by atoms with Crippen LogP contribution < -0.4 is 0 Å². The molecule has 70 valence electrons. The number of rotatable bonds is 3. The molecular formula is C8H16N2O2. The van der Waals surface area contributed by atoms with Gasteiger partial charge in [-0.05, 0) is 14.1 Å². The smallest absolute Gasteiger partial charge is 0.224 e. The van der Waals surface area contributed by atoms with Crippen LogP contribution in [0, 0.1) is 0 Å². The third-order valence-electron chi connectivity index (χ3n) is 1.99. The largest absolute Gasteiger partial charge is 0.389 e. The third kappa shape index (κ3) is 2.46. The number of carbonyl (C=O) groups excluding carboxylic acids is 1. The highest BCUT2D eigenvalue weighted by atomic mass is 16.3.